The molecule has 0 atom stereocenters. The molecule has 0 saturated carbocycles. The zero-order chi connectivity index (χ0) is 23.3. The van der Waals surface area contributed by atoms with Gasteiger partial charge in [0.2, 0.25) is 5.91 Å². The maximum absolute atomic E-state index is 13.2. The molecule has 0 aromatic heterocycles. The first-order chi connectivity index (χ1) is 15.3. The number of hydrogen-bond acceptors (Lipinski definition) is 5. The monoisotopic (exact) mass is 463 g/mol. The number of ether oxygens (including phenoxy) is 2. The normalized spacial score (nSPS) is 13.5. The van der Waals surface area contributed by atoms with Gasteiger partial charge in [-0.1, -0.05) is 11.6 Å². The number of rotatable bonds is 6. The van der Waals surface area contributed by atoms with Crippen LogP contribution in [0.2, 0.25) is 5.02 Å². The lowest BCUT2D eigenvalue weighted by Crippen LogP contribution is -2.52. The van der Waals surface area contributed by atoms with Crippen LogP contribution in [0.25, 0.3) is 0 Å². The van der Waals surface area contributed by atoms with Gasteiger partial charge in [-0.15, -0.1) is 0 Å². The molecule has 3 rings (SSSR count). The first kappa shape index (κ1) is 23.3. The molecule has 10 heteroatoms. The average Bonchev–Trinajstić information content (AvgIpc) is 2.81. The molecule has 1 N–H and O–H groups in total. The maximum atomic E-state index is 13.2. The van der Waals surface area contributed by atoms with Crippen molar-refractivity contribution in [2.75, 3.05) is 46.9 Å². The van der Waals surface area contributed by atoms with E-state index in [-0.39, 0.29) is 28.9 Å². The van der Waals surface area contributed by atoms with Crippen LogP contribution in [-0.2, 0) is 4.79 Å². The first-order valence-electron chi connectivity index (χ1n) is 9.86. The van der Waals surface area contributed by atoms with Crippen LogP contribution < -0.4 is 14.8 Å². The number of carbonyl (C=O) groups excluding carboxylic acids is 3. The van der Waals surface area contributed by atoms with Gasteiger partial charge in [-0.25, -0.2) is 4.39 Å². The Kier molecular flexibility index (Phi) is 7.53. The molecule has 2 aromatic rings. The zero-order valence-electron chi connectivity index (χ0n) is 17.7. The Morgan fingerprint density at radius 2 is 1.62 bits per heavy atom. The molecule has 1 fully saturated rings. The van der Waals surface area contributed by atoms with E-state index in [0.29, 0.717) is 43.2 Å². The summed E-state index contributed by atoms with van der Waals surface area (Å²) >= 11 is 5.97. The van der Waals surface area contributed by atoms with Gasteiger partial charge in [0, 0.05) is 31.7 Å². The third kappa shape index (κ3) is 5.28. The lowest BCUT2D eigenvalue weighted by Gasteiger charge is -2.35. The van der Waals surface area contributed by atoms with E-state index in [0.717, 1.165) is 6.07 Å². The summed E-state index contributed by atoms with van der Waals surface area (Å²) in [5.74, 6) is -0.603. The number of nitrogens with zero attached hydrogens (tertiary/aromatic N) is 2. The highest BCUT2D eigenvalue weighted by molar-refractivity contribution is 6.33. The largest absolute Gasteiger partial charge is 0.493 e. The Labute approximate surface area is 189 Å². The van der Waals surface area contributed by atoms with Crippen molar-refractivity contribution in [3.05, 3.63) is 58.4 Å². The van der Waals surface area contributed by atoms with Crippen LogP contribution in [0.5, 0.6) is 11.5 Å². The number of hydrogen-bond donors (Lipinski definition) is 1. The van der Waals surface area contributed by atoms with Crippen molar-refractivity contribution in [3.63, 3.8) is 0 Å². The molecule has 0 bridgehead atoms. The summed E-state index contributed by atoms with van der Waals surface area (Å²) in [7, 11) is 2.97. The minimum Gasteiger partial charge on any atom is -0.493 e. The highest BCUT2D eigenvalue weighted by Crippen LogP contribution is 2.27. The number of nitrogens with one attached hydrogen (secondary N) is 1. The number of halogens is 2. The SMILES string of the molecule is COc1ccc(C(=O)NCC(=O)N2CCN(C(=O)c3ccc(F)cc3Cl)CC2)cc1OC. The van der Waals surface area contributed by atoms with Gasteiger partial charge in [0.25, 0.3) is 11.8 Å². The van der Waals surface area contributed by atoms with Crippen LogP contribution in [0, 0.1) is 5.82 Å². The van der Waals surface area contributed by atoms with Gasteiger partial charge in [0.05, 0.1) is 31.4 Å². The molecule has 170 valence electrons. The molecular weight excluding hydrogens is 441 g/mol. The number of amides is 3. The van der Waals surface area contributed by atoms with Gasteiger partial charge in [-0.05, 0) is 36.4 Å². The number of piperazine rings is 1. The third-order valence-electron chi connectivity index (χ3n) is 5.13. The third-order valence-corrected chi connectivity index (χ3v) is 5.44. The lowest BCUT2D eigenvalue weighted by atomic mass is 10.1. The van der Waals surface area contributed by atoms with Gasteiger partial charge in [0.15, 0.2) is 11.5 Å². The summed E-state index contributed by atoms with van der Waals surface area (Å²) in [4.78, 5) is 40.6. The summed E-state index contributed by atoms with van der Waals surface area (Å²) in [5, 5.41) is 2.64. The minimum atomic E-state index is -0.517. The molecular formula is C22H23ClFN3O5. The molecule has 0 radical (unpaired) electrons. The summed E-state index contributed by atoms with van der Waals surface area (Å²) in [6.45, 7) is 1.07. The number of methoxy groups -OCH3 is 2. The summed E-state index contributed by atoms with van der Waals surface area (Å²) in [6, 6.07) is 8.34. The fourth-order valence-corrected chi connectivity index (χ4v) is 3.59. The second kappa shape index (κ2) is 10.3. The standard InChI is InChI=1S/C22H23ClFN3O5/c1-31-18-6-3-14(11-19(18)32-2)21(29)25-13-20(28)26-7-9-27(10-8-26)22(30)16-5-4-15(24)12-17(16)23/h3-6,11-12H,7-10,13H2,1-2H3,(H,25,29). The van der Waals surface area contributed by atoms with Crippen molar-refractivity contribution in [3.8, 4) is 11.5 Å². The highest BCUT2D eigenvalue weighted by Gasteiger charge is 2.26. The van der Waals surface area contributed by atoms with E-state index in [4.69, 9.17) is 21.1 Å². The van der Waals surface area contributed by atoms with Gasteiger partial charge in [-0.3, -0.25) is 14.4 Å². The zero-order valence-corrected chi connectivity index (χ0v) is 18.4. The van der Waals surface area contributed by atoms with E-state index in [1.54, 1.807) is 21.9 Å². The molecule has 1 aliphatic heterocycles. The van der Waals surface area contributed by atoms with Gasteiger partial charge < -0.3 is 24.6 Å². The van der Waals surface area contributed by atoms with Crippen molar-refractivity contribution in [2.24, 2.45) is 0 Å². The van der Waals surface area contributed by atoms with E-state index in [1.807, 2.05) is 0 Å². The van der Waals surface area contributed by atoms with Crippen LogP contribution in [0.1, 0.15) is 20.7 Å². The lowest BCUT2D eigenvalue weighted by molar-refractivity contribution is -0.131. The second-order valence-corrected chi connectivity index (χ2v) is 7.46. The topological polar surface area (TPSA) is 88.2 Å². The maximum Gasteiger partial charge on any atom is 0.255 e. The highest BCUT2D eigenvalue weighted by atomic mass is 35.5. The summed E-state index contributed by atoms with van der Waals surface area (Å²) in [5.41, 5.74) is 0.553. The van der Waals surface area contributed by atoms with E-state index in [9.17, 15) is 18.8 Å². The Balaban J connectivity index is 1.51. The van der Waals surface area contributed by atoms with Gasteiger partial charge >= 0.3 is 0 Å². The van der Waals surface area contributed by atoms with Crippen molar-refractivity contribution in [2.45, 2.75) is 0 Å². The van der Waals surface area contributed by atoms with E-state index in [2.05, 4.69) is 5.32 Å². The Hall–Kier alpha value is -3.33. The van der Waals surface area contributed by atoms with Crippen molar-refractivity contribution < 1.29 is 28.2 Å². The molecule has 32 heavy (non-hydrogen) atoms. The van der Waals surface area contributed by atoms with Crippen LogP contribution in [-0.4, -0.2) is 74.5 Å². The molecule has 1 aliphatic rings. The van der Waals surface area contributed by atoms with Crippen molar-refractivity contribution in [1.29, 1.82) is 0 Å². The van der Waals surface area contributed by atoms with Crippen molar-refractivity contribution >= 4 is 29.3 Å². The van der Waals surface area contributed by atoms with Crippen LogP contribution in [0.3, 0.4) is 0 Å². The summed E-state index contributed by atoms with van der Waals surface area (Å²) < 4.78 is 23.5. The average molecular weight is 464 g/mol. The molecule has 3 amide bonds. The van der Waals surface area contributed by atoms with Crippen molar-refractivity contribution in [1.82, 2.24) is 15.1 Å². The van der Waals surface area contributed by atoms with E-state index >= 15 is 0 Å². The predicted octanol–water partition coefficient (Wildman–Crippen LogP) is 2.21. The molecule has 8 nitrogen and oxygen atoms in total. The molecule has 0 aliphatic carbocycles. The van der Waals surface area contributed by atoms with Crippen LogP contribution in [0.4, 0.5) is 4.39 Å². The molecule has 0 spiro atoms. The molecule has 1 saturated heterocycles. The molecule has 1 heterocycles. The van der Waals surface area contributed by atoms with Gasteiger partial charge in [-0.2, -0.15) is 0 Å². The first-order valence-corrected chi connectivity index (χ1v) is 10.2. The molecule has 0 unspecified atom stereocenters. The van der Waals surface area contributed by atoms with E-state index < -0.39 is 11.7 Å². The van der Waals surface area contributed by atoms with Crippen LogP contribution in [0.15, 0.2) is 36.4 Å². The summed E-state index contributed by atoms with van der Waals surface area (Å²) in [6.07, 6.45) is 0. The van der Waals surface area contributed by atoms with Crippen LogP contribution >= 0.6 is 11.6 Å². The van der Waals surface area contributed by atoms with E-state index in [1.165, 1.54) is 32.4 Å². The molecule has 2 aromatic carbocycles. The van der Waals surface area contributed by atoms with Gasteiger partial charge in [0.1, 0.15) is 5.82 Å². The Morgan fingerprint density at radius 1 is 0.969 bits per heavy atom. The smallest absolute Gasteiger partial charge is 0.255 e. The number of carbonyl (C=O) groups is 3. The second-order valence-electron chi connectivity index (χ2n) is 7.05. The predicted molar refractivity (Wildman–Crippen MR) is 116 cm³/mol. The minimum absolute atomic E-state index is 0.0476. The quantitative estimate of drug-likeness (QED) is 0.709. The Morgan fingerprint density at radius 3 is 2.25 bits per heavy atom. The fourth-order valence-electron chi connectivity index (χ4n) is 3.34. The number of benzene rings is 2. The fraction of sp³-hybridized carbons (Fsp3) is 0.318. The Bertz CT molecular complexity index is 1020.